The summed E-state index contributed by atoms with van der Waals surface area (Å²) in [7, 11) is 0. The maximum absolute atomic E-state index is 2.82. The van der Waals surface area contributed by atoms with Crippen molar-refractivity contribution in [3.63, 3.8) is 0 Å². The molecule has 8 aliphatic rings. The van der Waals surface area contributed by atoms with Gasteiger partial charge in [0.25, 0.3) is 6.71 Å². The SMILES string of the molecule is c1ccc(-c2ccc(N3c4cc5c(cc4B4c6cc7c(cc6N(c6cccc8c6C6(c9ccccc9-c9ccccc96)c6ccccc6-8)c6cc(-n8c9ccccc9c9ccccc98)cc3c64)C3(c4ccccc4-c4ccccc43)c3ccccc3-7)C3(c4ccccc4-c4ccccc43)c3ccccc3-5)cc2)cc1. The zero-order valence-corrected chi connectivity index (χ0v) is 59.2. The van der Waals surface area contributed by atoms with Crippen molar-refractivity contribution in [1.29, 1.82) is 0 Å². The van der Waals surface area contributed by atoms with E-state index in [2.05, 4.69) is 390 Å². The number of hydrogen-bond donors (Lipinski definition) is 0. The van der Waals surface area contributed by atoms with Crippen LogP contribution in [0.2, 0.25) is 0 Å². The molecule has 26 rings (SSSR count). The second-order valence-electron chi connectivity index (χ2n) is 31.1. The fourth-order valence-electron chi connectivity index (χ4n) is 22.8. The second kappa shape index (κ2) is 20.8. The molecule has 0 fully saturated rings. The van der Waals surface area contributed by atoms with E-state index in [1.807, 2.05) is 0 Å². The van der Waals surface area contributed by atoms with Crippen LogP contribution in [0.15, 0.2) is 376 Å². The van der Waals surface area contributed by atoms with E-state index in [-0.39, 0.29) is 6.71 Å². The third kappa shape index (κ3) is 6.96. The Hall–Kier alpha value is -13.8. The highest BCUT2D eigenvalue weighted by atomic mass is 15.2. The molecule has 0 unspecified atom stereocenters. The van der Waals surface area contributed by atoms with Crippen LogP contribution < -0.4 is 26.2 Å². The molecule has 500 valence electrons. The van der Waals surface area contributed by atoms with E-state index in [1.54, 1.807) is 0 Å². The molecule has 0 radical (unpaired) electrons. The van der Waals surface area contributed by atoms with Gasteiger partial charge in [-0.15, -0.1) is 0 Å². The summed E-state index contributed by atoms with van der Waals surface area (Å²) in [6.45, 7) is -0.302. The van der Waals surface area contributed by atoms with E-state index < -0.39 is 16.2 Å². The predicted octanol–water partition coefficient (Wildman–Crippen LogP) is 23.6. The molecule has 3 heterocycles. The molecule has 6 aliphatic carbocycles. The van der Waals surface area contributed by atoms with E-state index >= 15 is 0 Å². The van der Waals surface area contributed by atoms with Crippen LogP contribution in [0.4, 0.5) is 34.1 Å². The molecule has 0 saturated heterocycles. The Morgan fingerprint density at radius 1 is 0.202 bits per heavy atom. The Kier molecular flexibility index (Phi) is 11.2. The number of para-hydroxylation sites is 2. The molecule has 17 aromatic carbocycles. The number of fused-ring (bicyclic) bond motifs is 37. The average molecular weight is 1380 g/mol. The van der Waals surface area contributed by atoms with Crippen LogP contribution >= 0.6 is 0 Å². The van der Waals surface area contributed by atoms with Gasteiger partial charge in [0.15, 0.2) is 0 Å². The fourth-order valence-corrected chi connectivity index (χ4v) is 22.8. The summed E-state index contributed by atoms with van der Waals surface area (Å²) >= 11 is 0. The first kappa shape index (κ1) is 58.5. The number of rotatable bonds is 4. The summed E-state index contributed by atoms with van der Waals surface area (Å²) in [6, 6.07) is 146. The van der Waals surface area contributed by atoms with Gasteiger partial charge >= 0.3 is 0 Å². The summed E-state index contributed by atoms with van der Waals surface area (Å²) in [6.07, 6.45) is 0. The molecular weight excluding hydrogens is 1310 g/mol. The number of hydrogen-bond acceptors (Lipinski definition) is 2. The molecule has 3 spiro atoms. The molecule has 0 N–H and O–H groups in total. The predicted molar refractivity (Wildman–Crippen MR) is 449 cm³/mol. The summed E-state index contributed by atoms with van der Waals surface area (Å²) < 4.78 is 2.57. The highest BCUT2D eigenvalue weighted by Crippen LogP contribution is 2.69. The van der Waals surface area contributed by atoms with Gasteiger partial charge in [-0.25, -0.2) is 0 Å². The van der Waals surface area contributed by atoms with Crippen molar-refractivity contribution in [2.45, 2.75) is 16.2 Å². The molecule has 0 bridgehead atoms. The minimum absolute atomic E-state index is 0.302. The maximum Gasteiger partial charge on any atom is 0.252 e. The third-order valence-corrected chi connectivity index (χ3v) is 26.6. The van der Waals surface area contributed by atoms with Gasteiger partial charge in [0.05, 0.1) is 38.7 Å². The van der Waals surface area contributed by atoms with Gasteiger partial charge in [0.1, 0.15) is 0 Å². The monoisotopic (exact) mass is 1380 g/mol. The zero-order chi connectivity index (χ0) is 70.7. The van der Waals surface area contributed by atoms with Crippen molar-refractivity contribution < 1.29 is 0 Å². The Labute approximate surface area is 631 Å². The molecular formula is C105H62BN3. The van der Waals surface area contributed by atoms with E-state index in [0.717, 1.165) is 39.5 Å². The lowest BCUT2D eigenvalue weighted by Crippen LogP contribution is -2.61. The molecule has 0 amide bonds. The Morgan fingerprint density at radius 3 is 1.03 bits per heavy atom. The van der Waals surface area contributed by atoms with Crippen molar-refractivity contribution in [2.75, 3.05) is 9.80 Å². The molecule has 18 aromatic rings. The molecule has 1 aromatic heterocycles. The summed E-state index contributed by atoms with van der Waals surface area (Å²) in [5.41, 5.74) is 45.6. The normalized spacial score (nSPS) is 15.0. The van der Waals surface area contributed by atoms with Gasteiger partial charge in [0, 0.05) is 44.8 Å². The Bertz CT molecular complexity index is 6950. The molecule has 0 saturated carbocycles. The zero-order valence-electron chi connectivity index (χ0n) is 59.2. The van der Waals surface area contributed by atoms with E-state index in [0.29, 0.717) is 0 Å². The van der Waals surface area contributed by atoms with Gasteiger partial charge in [-0.3, -0.25) is 0 Å². The number of nitrogens with zero attached hydrogens (tertiary/aromatic N) is 3. The first-order valence-electron chi connectivity index (χ1n) is 38.4. The maximum atomic E-state index is 2.82. The first-order chi connectivity index (χ1) is 54.1. The molecule has 109 heavy (non-hydrogen) atoms. The Balaban J connectivity index is 0.860. The minimum atomic E-state index is -0.703. The smallest absolute Gasteiger partial charge is 0.252 e. The number of aromatic nitrogens is 1. The lowest BCUT2D eigenvalue weighted by atomic mass is 9.33. The lowest BCUT2D eigenvalue weighted by Gasteiger charge is -2.46. The summed E-state index contributed by atoms with van der Waals surface area (Å²) in [5, 5.41) is 2.44. The van der Waals surface area contributed by atoms with E-state index in [9.17, 15) is 0 Å². The fraction of sp³-hybridized carbons (Fsp3) is 0.0286. The van der Waals surface area contributed by atoms with E-state index in [1.165, 1.54) is 183 Å². The topological polar surface area (TPSA) is 11.4 Å². The summed E-state index contributed by atoms with van der Waals surface area (Å²) in [4.78, 5) is 5.50. The highest BCUT2D eigenvalue weighted by molar-refractivity contribution is 7.00. The van der Waals surface area contributed by atoms with Crippen LogP contribution in [0.1, 0.15) is 66.8 Å². The highest BCUT2D eigenvalue weighted by Gasteiger charge is 2.59. The lowest BCUT2D eigenvalue weighted by molar-refractivity contribution is 0.790. The largest absolute Gasteiger partial charge is 0.311 e. The molecule has 4 heteroatoms. The van der Waals surface area contributed by atoms with Crippen LogP contribution in [0.5, 0.6) is 0 Å². The van der Waals surface area contributed by atoms with E-state index in [4.69, 9.17) is 0 Å². The number of anilines is 6. The van der Waals surface area contributed by atoms with Crippen molar-refractivity contribution in [3.8, 4) is 83.6 Å². The van der Waals surface area contributed by atoms with Crippen LogP contribution in [-0.2, 0) is 16.2 Å². The standard InChI is InChI=1S/C105H62BN3/c1-2-27-63(28-3-1)64-53-55-65(56-54-64)107-97-60-80-75-37-12-20-46-86(75)103(81-41-15-4-29-67(81)68-30-5-16-42-82(68)103)90(80)61-93(97)106-92-59-79-74-36-11-19-45-85(74)104(83-43-17-6-31-69(83)70-32-7-18-44-84(70)104)91(79)62-98(92)109(100-58-66(57-99(107)102(100)106)108-94-50-24-13-38-76(94)77-39-14-25-51-95(77)108)96-52-26-40-78-73-35-10-23-49-89(73)105(101(78)96)87-47-21-8-33-71(87)72-34-9-22-48-88(72)105/h1-62H. The van der Waals surface area contributed by atoms with Crippen LogP contribution in [0.3, 0.4) is 0 Å². The quantitative estimate of drug-likeness (QED) is 0.163. The van der Waals surface area contributed by atoms with Crippen LogP contribution in [0.25, 0.3) is 105 Å². The minimum Gasteiger partial charge on any atom is -0.311 e. The Morgan fingerprint density at radius 2 is 0.550 bits per heavy atom. The second-order valence-corrected chi connectivity index (χ2v) is 31.1. The van der Waals surface area contributed by atoms with Crippen molar-refractivity contribution in [2.24, 2.45) is 0 Å². The number of benzene rings is 17. The summed E-state index contributed by atoms with van der Waals surface area (Å²) in [5.74, 6) is 0. The van der Waals surface area contributed by atoms with Gasteiger partial charge in [0.2, 0.25) is 0 Å². The van der Waals surface area contributed by atoms with Gasteiger partial charge < -0.3 is 14.4 Å². The average Bonchev–Trinajstić information content (AvgIpc) is 1.56. The third-order valence-electron chi connectivity index (χ3n) is 26.6. The first-order valence-corrected chi connectivity index (χ1v) is 38.4. The van der Waals surface area contributed by atoms with Crippen LogP contribution in [0, 0.1) is 0 Å². The molecule has 0 atom stereocenters. The van der Waals surface area contributed by atoms with Crippen molar-refractivity contribution in [3.05, 3.63) is 443 Å². The van der Waals surface area contributed by atoms with Crippen molar-refractivity contribution in [1.82, 2.24) is 4.57 Å². The van der Waals surface area contributed by atoms with Gasteiger partial charge in [-0.05, 0) is 210 Å². The van der Waals surface area contributed by atoms with Gasteiger partial charge in [-0.2, -0.15) is 0 Å². The molecule has 2 aliphatic heterocycles. The van der Waals surface area contributed by atoms with Crippen LogP contribution in [-0.4, -0.2) is 11.3 Å². The van der Waals surface area contributed by atoms with Gasteiger partial charge in [-0.1, -0.05) is 322 Å². The molecule has 3 nitrogen and oxygen atoms in total. The van der Waals surface area contributed by atoms with Crippen molar-refractivity contribution >= 4 is 79.0 Å².